The second-order valence-electron chi connectivity index (χ2n) is 3.97. The van der Waals surface area contributed by atoms with Gasteiger partial charge < -0.3 is 15.8 Å². The summed E-state index contributed by atoms with van der Waals surface area (Å²) >= 11 is 0. The first-order valence-electron chi connectivity index (χ1n) is 4.88. The van der Waals surface area contributed by atoms with Gasteiger partial charge in [0.1, 0.15) is 5.82 Å². The zero-order valence-electron chi connectivity index (χ0n) is 9.65. The SMILES string of the molecule is COC(=O)c1nccc(NC(C)(C)CN)n1. The molecule has 1 aromatic heterocycles. The molecule has 0 bridgehead atoms. The Morgan fingerprint density at radius 3 is 2.88 bits per heavy atom. The number of anilines is 1. The predicted octanol–water partition coefficient (Wildman–Crippen LogP) is 0.412. The number of carbonyl (C=O) groups excluding carboxylic acids is 1. The number of nitrogens with one attached hydrogen (secondary N) is 1. The third kappa shape index (κ3) is 3.16. The zero-order valence-corrected chi connectivity index (χ0v) is 9.65. The van der Waals surface area contributed by atoms with Crippen LogP contribution in [0.15, 0.2) is 12.3 Å². The van der Waals surface area contributed by atoms with Crippen molar-refractivity contribution in [2.75, 3.05) is 19.0 Å². The molecule has 1 aromatic rings. The van der Waals surface area contributed by atoms with E-state index in [4.69, 9.17) is 5.73 Å². The van der Waals surface area contributed by atoms with E-state index in [1.165, 1.54) is 13.3 Å². The predicted molar refractivity (Wildman–Crippen MR) is 60.1 cm³/mol. The summed E-state index contributed by atoms with van der Waals surface area (Å²) in [7, 11) is 1.29. The van der Waals surface area contributed by atoms with Crippen LogP contribution < -0.4 is 11.1 Å². The molecule has 0 saturated heterocycles. The van der Waals surface area contributed by atoms with Crippen LogP contribution in [-0.4, -0.2) is 35.1 Å². The van der Waals surface area contributed by atoms with Crippen LogP contribution in [0.25, 0.3) is 0 Å². The first kappa shape index (κ1) is 12.4. The summed E-state index contributed by atoms with van der Waals surface area (Å²) in [5.41, 5.74) is 5.29. The Bertz CT molecular complexity index is 379. The van der Waals surface area contributed by atoms with Gasteiger partial charge in [-0.2, -0.15) is 0 Å². The molecule has 1 heterocycles. The number of esters is 1. The second-order valence-corrected chi connectivity index (χ2v) is 3.97. The number of nitrogens with zero attached hydrogens (tertiary/aromatic N) is 2. The maximum absolute atomic E-state index is 11.2. The quantitative estimate of drug-likeness (QED) is 0.720. The third-order valence-corrected chi connectivity index (χ3v) is 2.00. The van der Waals surface area contributed by atoms with Gasteiger partial charge in [-0.3, -0.25) is 0 Å². The molecular formula is C10H16N4O2. The number of rotatable bonds is 4. The second kappa shape index (κ2) is 4.89. The summed E-state index contributed by atoms with van der Waals surface area (Å²) in [6, 6.07) is 1.67. The van der Waals surface area contributed by atoms with E-state index in [1.54, 1.807) is 6.07 Å². The average Bonchev–Trinajstić information content (AvgIpc) is 2.28. The molecule has 0 saturated carbocycles. The van der Waals surface area contributed by atoms with E-state index in [9.17, 15) is 4.79 Å². The molecule has 0 fully saturated rings. The number of carbonyl (C=O) groups is 1. The molecule has 3 N–H and O–H groups in total. The van der Waals surface area contributed by atoms with Gasteiger partial charge in [0.15, 0.2) is 0 Å². The molecule has 0 aliphatic rings. The highest BCUT2D eigenvalue weighted by Crippen LogP contribution is 2.11. The Hall–Kier alpha value is -1.69. The van der Waals surface area contributed by atoms with Crippen molar-refractivity contribution in [3.05, 3.63) is 18.1 Å². The minimum absolute atomic E-state index is 0.0281. The van der Waals surface area contributed by atoms with E-state index < -0.39 is 5.97 Å². The van der Waals surface area contributed by atoms with Crippen molar-refractivity contribution in [2.45, 2.75) is 19.4 Å². The van der Waals surface area contributed by atoms with Gasteiger partial charge >= 0.3 is 5.97 Å². The molecule has 88 valence electrons. The highest BCUT2D eigenvalue weighted by Gasteiger charge is 2.17. The number of hydrogen-bond acceptors (Lipinski definition) is 6. The van der Waals surface area contributed by atoms with Crippen LogP contribution in [0.2, 0.25) is 0 Å². The molecule has 0 spiro atoms. The van der Waals surface area contributed by atoms with E-state index in [1.807, 2.05) is 13.8 Å². The van der Waals surface area contributed by atoms with Gasteiger partial charge in [-0.05, 0) is 19.9 Å². The summed E-state index contributed by atoms with van der Waals surface area (Å²) in [5.74, 6) is 0.0142. The van der Waals surface area contributed by atoms with Gasteiger partial charge in [0.05, 0.1) is 7.11 Å². The Kier molecular flexibility index (Phi) is 3.78. The molecule has 0 aromatic carbocycles. The molecule has 16 heavy (non-hydrogen) atoms. The molecule has 0 amide bonds. The monoisotopic (exact) mass is 224 g/mol. The van der Waals surface area contributed by atoms with Crippen molar-refractivity contribution in [3.63, 3.8) is 0 Å². The number of aromatic nitrogens is 2. The molecule has 1 rings (SSSR count). The molecule has 0 atom stereocenters. The summed E-state index contributed by atoms with van der Waals surface area (Å²) < 4.78 is 4.53. The van der Waals surface area contributed by atoms with Crippen LogP contribution in [0.1, 0.15) is 24.5 Å². The first-order valence-corrected chi connectivity index (χ1v) is 4.88. The van der Waals surface area contributed by atoms with Gasteiger partial charge in [-0.1, -0.05) is 0 Å². The first-order chi connectivity index (χ1) is 7.48. The molecule has 0 unspecified atom stereocenters. The van der Waals surface area contributed by atoms with Crippen LogP contribution in [0.4, 0.5) is 5.82 Å². The molecular weight excluding hydrogens is 208 g/mol. The van der Waals surface area contributed by atoms with Gasteiger partial charge in [0.2, 0.25) is 5.82 Å². The lowest BCUT2D eigenvalue weighted by Crippen LogP contribution is -2.39. The summed E-state index contributed by atoms with van der Waals surface area (Å²) in [6.07, 6.45) is 1.49. The van der Waals surface area contributed by atoms with Crippen LogP contribution in [0.5, 0.6) is 0 Å². The zero-order chi connectivity index (χ0) is 12.2. The van der Waals surface area contributed by atoms with Crippen molar-refractivity contribution in [2.24, 2.45) is 5.73 Å². The summed E-state index contributed by atoms with van der Waals surface area (Å²) in [5, 5.41) is 3.10. The van der Waals surface area contributed by atoms with Crippen molar-refractivity contribution in [1.82, 2.24) is 9.97 Å². The van der Waals surface area contributed by atoms with Crippen molar-refractivity contribution < 1.29 is 9.53 Å². The standard InChI is InChI=1S/C10H16N4O2/c1-10(2,6-11)14-7-4-5-12-8(13-7)9(15)16-3/h4-5H,6,11H2,1-3H3,(H,12,13,14). The summed E-state index contributed by atoms with van der Waals surface area (Å²) in [6.45, 7) is 4.32. The number of ether oxygens (including phenoxy) is 1. The Morgan fingerprint density at radius 2 is 2.31 bits per heavy atom. The Labute approximate surface area is 94.2 Å². The van der Waals surface area contributed by atoms with Crippen LogP contribution >= 0.6 is 0 Å². The fraction of sp³-hybridized carbons (Fsp3) is 0.500. The summed E-state index contributed by atoms with van der Waals surface area (Å²) in [4.78, 5) is 19.0. The molecule has 0 aliphatic carbocycles. The molecule has 6 heteroatoms. The van der Waals surface area contributed by atoms with Gasteiger partial charge in [-0.25, -0.2) is 14.8 Å². The Balaban J connectivity index is 2.87. The Morgan fingerprint density at radius 1 is 1.62 bits per heavy atom. The fourth-order valence-corrected chi connectivity index (χ4v) is 1.02. The van der Waals surface area contributed by atoms with E-state index in [0.717, 1.165) is 0 Å². The largest absolute Gasteiger partial charge is 0.463 e. The number of methoxy groups -OCH3 is 1. The van der Waals surface area contributed by atoms with E-state index >= 15 is 0 Å². The van der Waals surface area contributed by atoms with Crippen LogP contribution in [0, 0.1) is 0 Å². The lowest BCUT2D eigenvalue weighted by atomic mass is 10.1. The lowest BCUT2D eigenvalue weighted by molar-refractivity contribution is 0.0587. The molecule has 0 radical (unpaired) electrons. The molecule has 6 nitrogen and oxygen atoms in total. The average molecular weight is 224 g/mol. The van der Waals surface area contributed by atoms with Crippen molar-refractivity contribution >= 4 is 11.8 Å². The number of hydrogen-bond donors (Lipinski definition) is 2. The topological polar surface area (TPSA) is 90.1 Å². The van der Waals surface area contributed by atoms with Gasteiger partial charge in [0.25, 0.3) is 0 Å². The van der Waals surface area contributed by atoms with Gasteiger partial charge in [0, 0.05) is 18.3 Å². The van der Waals surface area contributed by atoms with E-state index in [-0.39, 0.29) is 11.4 Å². The van der Waals surface area contributed by atoms with Crippen LogP contribution in [0.3, 0.4) is 0 Å². The minimum Gasteiger partial charge on any atom is -0.463 e. The van der Waals surface area contributed by atoms with E-state index in [0.29, 0.717) is 12.4 Å². The van der Waals surface area contributed by atoms with Crippen molar-refractivity contribution in [3.8, 4) is 0 Å². The van der Waals surface area contributed by atoms with Crippen LogP contribution in [-0.2, 0) is 4.74 Å². The normalized spacial score (nSPS) is 11.0. The number of nitrogens with two attached hydrogens (primary N) is 1. The maximum Gasteiger partial charge on any atom is 0.376 e. The smallest absolute Gasteiger partial charge is 0.376 e. The fourth-order valence-electron chi connectivity index (χ4n) is 1.02. The highest BCUT2D eigenvalue weighted by atomic mass is 16.5. The van der Waals surface area contributed by atoms with E-state index in [2.05, 4.69) is 20.0 Å². The highest BCUT2D eigenvalue weighted by molar-refractivity contribution is 5.85. The lowest BCUT2D eigenvalue weighted by Gasteiger charge is -2.24. The maximum atomic E-state index is 11.2. The van der Waals surface area contributed by atoms with Gasteiger partial charge in [-0.15, -0.1) is 0 Å². The van der Waals surface area contributed by atoms with Crippen molar-refractivity contribution in [1.29, 1.82) is 0 Å². The molecule has 0 aliphatic heterocycles. The third-order valence-electron chi connectivity index (χ3n) is 2.00. The minimum atomic E-state index is -0.561.